The van der Waals surface area contributed by atoms with Crippen LogP contribution in [0.3, 0.4) is 0 Å². The molecule has 1 aromatic rings. The molecular weight excluding hydrogens is 298 g/mol. The van der Waals surface area contributed by atoms with Gasteiger partial charge in [0.15, 0.2) is 0 Å². The van der Waals surface area contributed by atoms with Gasteiger partial charge in [0, 0.05) is 44.6 Å². The SMILES string of the molecule is CCC(=O)N1CC[C@@H](NCc2csc(COC)n2)[C@@H](CC)C1. The Morgan fingerprint density at radius 2 is 2.36 bits per heavy atom. The second-order valence-corrected chi connectivity index (χ2v) is 6.75. The number of carbonyl (C=O) groups is 1. The highest BCUT2D eigenvalue weighted by molar-refractivity contribution is 7.09. The standard InChI is InChI=1S/C16H27N3O2S/c1-4-12-9-19(16(20)5-2)7-6-14(12)17-8-13-11-22-15(18-13)10-21-3/h11-12,14,17H,4-10H2,1-3H3/t12-,14+/m0/s1. The molecular formula is C16H27N3O2S. The number of hydrogen-bond acceptors (Lipinski definition) is 5. The number of ether oxygens (including phenoxy) is 1. The van der Waals surface area contributed by atoms with Crippen molar-refractivity contribution in [2.75, 3.05) is 20.2 Å². The maximum absolute atomic E-state index is 11.9. The number of methoxy groups -OCH3 is 1. The van der Waals surface area contributed by atoms with Crippen molar-refractivity contribution in [2.45, 2.75) is 52.3 Å². The fourth-order valence-electron chi connectivity index (χ4n) is 3.02. The average molecular weight is 325 g/mol. The van der Waals surface area contributed by atoms with Crippen LogP contribution in [-0.4, -0.2) is 42.0 Å². The largest absolute Gasteiger partial charge is 0.378 e. The lowest BCUT2D eigenvalue weighted by atomic mass is 9.89. The van der Waals surface area contributed by atoms with Crippen molar-refractivity contribution in [1.29, 1.82) is 0 Å². The molecule has 2 rings (SSSR count). The Hall–Kier alpha value is -0.980. The molecule has 2 atom stereocenters. The lowest BCUT2D eigenvalue weighted by Gasteiger charge is -2.38. The van der Waals surface area contributed by atoms with Crippen LogP contribution in [0.25, 0.3) is 0 Å². The van der Waals surface area contributed by atoms with E-state index in [1.54, 1.807) is 18.4 Å². The number of aromatic nitrogens is 1. The Morgan fingerprint density at radius 3 is 3.05 bits per heavy atom. The van der Waals surface area contributed by atoms with Crippen molar-refractivity contribution in [2.24, 2.45) is 5.92 Å². The van der Waals surface area contributed by atoms with Gasteiger partial charge in [0.1, 0.15) is 5.01 Å². The van der Waals surface area contributed by atoms with Crippen LogP contribution in [-0.2, 0) is 22.7 Å². The number of amides is 1. The van der Waals surface area contributed by atoms with E-state index in [4.69, 9.17) is 4.74 Å². The third-order valence-electron chi connectivity index (χ3n) is 4.33. The van der Waals surface area contributed by atoms with E-state index in [2.05, 4.69) is 22.6 Å². The van der Waals surface area contributed by atoms with Crippen LogP contribution >= 0.6 is 11.3 Å². The van der Waals surface area contributed by atoms with Gasteiger partial charge in [-0.2, -0.15) is 0 Å². The van der Waals surface area contributed by atoms with Crippen LogP contribution < -0.4 is 5.32 Å². The van der Waals surface area contributed by atoms with E-state index in [1.807, 2.05) is 11.8 Å². The molecule has 0 spiro atoms. The first-order chi connectivity index (χ1) is 10.7. The van der Waals surface area contributed by atoms with Crippen molar-refractivity contribution in [3.63, 3.8) is 0 Å². The first kappa shape index (κ1) is 17.4. The molecule has 22 heavy (non-hydrogen) atoms. The van der Waals surface area contributed by atoms with Crippen LogP contribution in [0.4, 0.5) is 0 Å². The molecule has 1 aromatic heterocycles. The normalized spacial score (nSPS) is 22.0. The summed E-state index contributed by atoms with van der Waals surface area (Å²) in [5.74, 6) is 0.807. The fraction of sp³-hybridized carbons (Fsp3) is 0.750. The molecule has 1 aliphatic heterocycles. The number of rotatable bonds is 7. The number of nitrogens with zero attached hydrogens (tertiary/aromatic N) is 2. The van der Waals surface area contributed by atoms with E-state index in [0.717, 1.165) is 43.2 Å². The van der Waals surface area contributed by atoms with Gasteiger partial charge >= 0.3 is 0 Å². The van der Waals surface area contributed by atoms with E-state index in [-0.39, 0.29) is 5.91 Å². The van der Waals surface area contributed by atoms with Gasteiger partial charge in [-0.3, -0.25) is 4.79 Å². The molecule has 124 valence electrons. The summed E-state index contributed by atoms with van der Waals surface area (Å²) < 4.78 is 5.11. The third-order valence-corrected chi connectivity index (χ3v) is 5.20. The summed E-state index contributed by atoms with van der Waals surface area (Å²) >= 11 is 1.65. The lowest BCUT2D eigenvalue weighted by molar-refractivity contribution is -0.133. The Kier molecular flexibility index (Phi) is 6.79. The topological polar surface area (TPSA) is 54.5 Å². The fourth-order valence-corrected chi connectivity index (χ4v) is 3.78. The monoisotopic (exact) mass is 325 g/mol. The summed E-state index contributed by atoms with van der Waals surface area (Å²) in [5, 5.41) is 6.76. The van der Waals surface area contributed by atoms with E-state index in [9.17, 15) is 4.79 Å². The van der Waals surface area contributed by atoms with Crippen molar-refractivity contribution in [3.05, 3.63) is 16.1 Å². The zero-order valence-corrected chi connectivity index (χ0v) is 14.6. The molecule has 0 bridgehead atoms. The summed E-state index contributed by atoms with van der Waals surface area (Å²) in [6.07, 6.45) is 2.73. The van der Waals surface area contributed by atoms with E-state index in [1.165, 1.54) is 0 Å². The van der Waals surface area contributed by atoms with Crippen molar-refractivity contribution < 1.29 is 9.53 Å². The summed E-state index contributed by atoms with van der Waals surface area (Å²) in [4.78, 5) is 18.4. The number of hydrogen-bond donors (Lipinski definition) is 1. The molecule has 0 saturated carbocycles. The Labute approximate surface area is 137 Å². The molecule has 0 aliphatic carbocycles. The van der Waals surface area contributed by atoms with Crippen LogP contribution in [0.5, 0.6) is 0 Å². The van der Waals surface area contributed by atoms with Gasteiger partial charge in [-0.15, -0.1) is 11.3 Å². The zero-order chi connectivity index (χ0) is 15.9. The Morgan fingerprint density at radius 1 is 1.55 bits per heavy atom. The van der Waals surface area contributed by atoms with E-state index in [0.29, 0.717) is 25.0 Å². The van der Waals surface area contributed by atoms with Crippen LogP contribution in [0.1, 0.15) is 43.8 Å². The highest BCUT2D eigenvalue weighted by atomic mass is 32.1. The molecule has 1 N–H and O–H groups in total. The number of nitrogens with one attached hydrogen (secondary N) is 1. The minimum atomic E-state index is 0.278. The van der Waals surface area contributed by atoms with Gasteiger partial charge in [-0.05, 0) is 12.3 Å². The maximum atomic E-state index is 11.9. The van der Waals surface area contributed by atoms with Crippen LogP contribution in [0.15, 0.2) is 5.38 Å². The lowest BCUT2D eigenvalue weighted by Crippen LogP contribution is -2.50. The third kappa shape index (κ3) is 4.51. The zero-order valence-electron chi connectivity index (χ0n) is 13.8. The molecule has 1 aliphatic rings. The second kappa shape index (κ2) is 8.60. The van der Waals surface area contributed by atoms with Gasteiger partial charge in [-0.25, -0.2) is 4.98 Å². The number of thiazole rings is 1. The second-order valence-electron chi connectivity index (χ2n) is 5.80. The quantitative estimate of drug-likeness (QED) is 0.836. The Balaban J connectivity index is 1.85. The molecule has 2 heterocycles. The van der Waals surface area contributed by atoms with Crippen molar-refractivity contribution in [1.82, 2.24) is 15.2 Å². The summed E-state index contributed by atoms with van der Waals surface area (Å²) in [5.41, 5.74) is 1.08. The molecule has 1 saturated heterocycles. The van der Waals surface area contributed by atoms with Gasteiger partial charge in [0.2, 0.25) is 5.91 Å². The molecule has 0 aromatic carbocycles. The van der Waals surface area contributed by atoms with Gasteiger partial charge < -0.3 is 15.0 Å². The molecule has 0 unspecified atom stereocenters. The first-order valence-corrected chi connectivity index (χ1v) is 8.99. The van der Waals surface area contributed by atoms with Crippen LogP contribution in [0.2, 0.25) is 0 Å². The summed E-state index contributed by atoms with van der Waals surface area (Å²) in [6.45, 7) is 7.27. The van der Waals surface area contributed by atoms with Gasteiger partial charge in [0.05, 0.1) is 12.3 Å². The molecule has 1 fully saturated rings. The average Bonchev–Trinajstić information content (AvgIpc) is 3.00. The molecule has 6 heteroatoms. The predicted octanol–water partition coefficient (Wildman–Crippen LogP) is 2.42. The highest BCUT2D eigenvalue weighted by Crippen LogP contribution is 2.21. The van der Waals surface area contributed by atoms with E-state index < -0.39 is 0 Å². The smallest absolute Gasteiger partial charge is 0.222 e. The van der Waals surface area contributed by atoms with Crippen molar-refractivity contribution >= 4 is 17.2 Å². The molecule has 1 amide bonds. The predicted molar refractivity (Wildman–Crippen MR) is 88.7 cm³/mol. The number of carbonyl (C=O) groups excluding carboxylic acids is 1. The maximum Gasteiger partial charge on any atom is 0.222 e. The summed E-state index contributed by atoms with van der Waals surface area (Å²) in [6, 6.07) is 0.471. The first-order valence-electron chi connectivity index (χ1n) is 8.11. The minimum Gasteiger partial charge on any atom is -0.378 e. The number of likely N-dealkylation sites (tertiary alicyclic amines) is 1. The minimum absolute atomic E-state index is 0.278. The molecule has 5 nitrogen and oxygen atoms in total. The van der Waals surface area contributed by atoms with Crippen LogP contribution in [0, 0.1) is 5.92 Å². The highest BCUT2D eigenvalue weighted by Gasteiger charge is 2.29. The van der Waals surface area contributed by atoms with Gasteiger partial charge in [-0.1, -0.05) is 20.3 Å². The Bertz CT molecular complexity index is 478. The van der Waals surface area contributed by atoms with E-state index >= 15 is 0 Å². The van der Waals surface area contributed by atoms with Gasteiger partial charge in [0.25, 0.3) is 0 Å². The number of piperidine rings is 1. The van der Waals surface area contributed by atoms with Crippen molar-refractivity contribution in [3.8, 4) is 0 Å². The molecule has 0 radical (unpaired) electrons. The summed E-state index contributed by atoms with van der Waals surface area (Å²) in [7, 11) is 1.69.